The highest BCUT2D eigenvalue weighted by molar-refractivity contribution is 6.32. The predicted molar refractivity (Wildman–Crippen MR) is 80.9 cm³/mol. The Hall–Kier alpha value is -0.400. The maximum absolute atomic E-state index is 13.3. The topological polar surface area (TPSA) is 35.5 Å². The molecule has 1 aliphatic rings. The Morgan fingerprint density at radius 1 is 1.19 bits per heavy atom. The van der Waals surface area contributed by atoms with Crippen molar-refractivity contribution in [2.75, 3.05) is 26.2 Å². The number of nitrogens with zero attached hydrogens (tertiary/aromatic N) is 1. The molecule has 1 aromatic carbocycles. The number of hydrogen-bond acceptors (Lipinski definition) is 3. The van der Waals surface area contributed by atoms with Crippen molar-refractivity contribution in [1.29, 1.82) is 0 Å². The van der Waals surface area contributed by atoms with Crippen molar-refractivity contribution in [2.24, 2.45) is 0 Å². The molecule has 1 aliphatic heterocycles. The lowest BCUT2D eigenvalue weighted by molar-refractivity contribution is -0.187. The molecule has 0 amide bonds. The molecule has 1 atom stereocenters. The second-order valence-electron chi connectivity index (χ2n) is 4.44. The van der Waals surface area contributed by atoms with Crippen LogP contribution in [-0.4, -0.2) is 42.4 Å². The molecule has 0 spiro atoms. The Morgan fingerprint density at radius 3 is 2.24 bits per heavy atom. The maximum atomic E-state index is 13.3. The highest BCUT2D eigenvalue weighted by Crippen LogP contribution is 2.39. The maximum Gasteiger partial charge on any atom is 0.408 e. The van der Waals surface area contributed by atoms with Gasteiger partial charge in [-0.25, -0.2) is 0 Å². The Labute approximate surface area is 138 Å². The molecule has 122 valence electrons. The standard InChI is InChI=1S/C12H14ClF3N2O.2ClH/c13-9-7-8(1-2-10(9)19)11(12(14,15)16)18-5-3-17-4-6-18;;/h1-2,7,11,17,19H,3-6H2;2*1H/t11-;;/m0../s1. The van der Waals surface area contributed by atoms with Crippen molar-refractivity contribution >= 4 is 36.4 Å². The third kappa shape index (κ3) is 5.07. The molecular weight excluding hydrogens is 351 g/mol. The molecule has 0 saturated carbocycles. The van der Waals surface area contributed by atoms with Crippen LogP contribution in [0.25, 0.3) is 0 Å². The fraction of sp³-hybridized carbons (Fsp3) is 0.500. The monoisotopic (exact) mass is 366 g/mol. The lowest BCUT2D eigenvalue weighted by Crippen LogP contribution is -2.49. The van der Waals surface area contributed by atoms with E-state index in [9.17, 15) is 18.3 Å². The highest BCUT2D eigenvalue weighted by Gasteiger charge is 2.45. The van der Waals surface area contributed by atoms with Gasteiger partial charge in [-0.2, -0.15) is 13.2 Å². The van der Waals surface area contributed by atoms with Crippen LogP contribution >= 0.6 is 36.4 Å². The van der Waals surface area contributed by atoms with Gasteiger partial charge in [0.2, 0.25) is 0 Å². The summed E-state index contributed by atoms with van der Waals surface area (Å²) < 4.78 is 39.8. The van der Waals surface area contributed by atoms with E-state index in [1.54, 1.807) is 0 Å². The van der Waals surface area contributed by atoms with Gasteiger partial charge in [-0.1, -0.05) is 17.7 Å². The fourth-order valence-corrected chi connectivity index (χ4v) is 2.43. The van der Waals surface area contributed by atoms with Crippen LogP contribution in [0.2, 0.25) is 5.02 Å². The summed E-state index contributed by atoms with van der Waals surface area (Å²) in [5.74, 6) is -0.216. The van der Waals surface area contributed by atoms with Crippen LogP contribution in [0.4, 0.5) is 13.2 Å². The van der Waals surface area contributed by atoms with Crippen molar-refractivity contribution in [3.63, 3.8) is 0 Å². The van der Waals surface area contributed by atoms with E-state index in [0.29, 0.717) is 26.2 Å². The molecule has 0 aromatic heterocycles. The zero-order valence-electron chi connectivity index (χ0n) is 10.9. The second kappa shape index (κ2) is 8.29. The summed E-state index contributed by atoms with van der Waals surface area (Å²) in [6.07, 6.45) is -4.38. The molecule has 1 fully saturated rings. The first-order chi connectivity index (χ1) is 8.89. The number of nitrogens with one attached hydrogen (secondary N) is 1. The van der Waals surface area contributed by atoms with Gasteiger partial charge in [0.05, 0.1) is 5.02 Å². The Balaban J connectivity index is 0.00000200. The number of rotatable bonds is 2. The van der Waals surface area contributed by atoms with Gasteiger partial charge in [0.1, 0.15) is 11.8 Å². The van der Waals surface area contributed by atoms with Crippen molar-refractivity contribution < 1.29 is 18.3 Å². The summed E-state index contributed by atoms with van der Waals surface area (Å²) >= 11 is 5.70. The summed E-state index contributed by atoms with van der Waals surface area (Å²) in [4.78, 5) is 1.37. The van der Waals surface area contributed by atoms with Crippen molar-refractivity contribution in [3.8, 4) is 5.75 Å². The zero-order chi connectivity index (χ0) is 14.0. The normalized spacial score (nSPS) is 17.5. The predicted octanol–water partition coefficient (Wildman–Crippen LogP) is 3.40. The van der Waals surface area contributed by atoms with E-state index in [4.69, 9.17) is 11.6 Å². The molecule has 1 saturated heterocycles. The molecule has 2 rings (SSSR count). The van der Waals surface area contributed by atoms with Gasteiger partial charge in [-0.3, -0.25) is 4.90 Å². The minimum Gasteiger partial charge on any atom is -0.506 e. The Morgan fingerprint density at radius 2 is 1.76 bits per heavy atom. The molecule has 3 nitrogen and oxygen atoms in total. The van der Waals surface area contributed by atoms with E-state index < -0.39 is 12.2 Å². The lowest BCUT2D eigenvalue weighted by Gasteiger charge is -2.36. The van der Waals surface area contributed by atoms with Crippen LogP contribution < -0.4 is 5.32 Å². The number of phenols is 1. The number of piperazine rings is 1. The summed E-state index contributed by atoms with van der Waals surface area (Å²) in [6, 6.07) is 1.95. The molecule has 1 heterocycles. The highest BCUT2D eigenvalue weighted by atomic mass is 35.5. The summed E-state index contributed by atoms with van der Waals surface area (Å²) in [5, 5.41) is 12.3. The van der Waals surface area contributed by atoms with Gasteiger partial charge < -0.3 is 10.4 Å². The average Bonchev–Trinajstić information content (AvgIpc) is 2.34. The SMILES string of the molecule is Cl.Cl.Oc1ccc([C@H](N2CCNCC2)C(F)(F)F)cc1Cl. The third-order valence-electron chi connectivity index (χ3n) is 3.11. The van der Waals surface area contributed by atoms with Crippen molar-refractivity contribution in [2.45, 2.75) is 12.2 Å². The number of halogens is 6. The van der Waals surface area contributed by atoms with Crippen LogP contribution in [-0.2, 0) is 0 Å². The zero-order valence-corrected chi connectivity index (χ0v) is 13.2. The van der Waals surface area contributed by atoms with Crippen LogP contribution in [0.1, 0.15) is 11.6 Å². The van der Waals surface area contributed by atoms with E-state index >= 15 is 0 Å². The van der Waals surface area contributed by atoms with Crippen LogP contribution in [0.15, 0.2) is 18.2 Å². The molecule has 0 bridgehead atoms. The molecule has 0 unspecified atom stereocenters. The lowest BCUT2D eigenvalue weighted by atomic mass is 10.0. The first-order valence-electron chi connectivity index (χ1n) is 5.89. The van der Waals surface area contributed by atoms with E-state index in [-0.39, 0.29) is 41.1 Å². The summed E-state index contributed by atoms with van der Waals surface area (Å²) in [7, 11) is 0. The van der Waals surface area contributed by atoms with E-state index in [1.165, 1.54) is 23.1 Å². The number of aromatic hydroxyl groups is 1. The summed E-state index contributed by atoms with van der Waals surface area (Å²) in [6.45, 7) is 1.70. The minimum absolute atomic E-state index is 0. The number of hydrogen-bond donors (Lipinski definition) is 2. The van der Waals surface area contributed by atoms with Gasteiger partial charge in [-0.15, -0.1) is 24.8 Å². The second-order valence-corrected chi connectivity index (χ2v) is 4.85. The third-order valence-corrected chi connectivity index (χ3v) is 3.42. The quantitative estimate of drug-likeness (QED) is 0.841. The van der Waals surface area contributed by atoms with Gasteiger partial charge in [0, 0.05) is 26.2 Å². The van der Waals surface area contributed by atoms with E-state index in [0.717, 1.165) is 0 Å². The smallest absolute Gasteiger partial charge is 0.408 e. The van der Waals surface area contributed by atoms with Crippen LogP contribution in [0.5, 0.6) is 5.75 Å². The largest absolute Gasteiger partial charge is 0.506 e. The molecule has 0 aliphatic carbocycles. The molecule has 21 heavy (non-hydrogen) atoms. The Bertz CT molecular complexity index is 454. The number of alkyl halides is 3. The Kier molecular flexibility index (Phi) is 8.13. The summed E-state index contributed by atoms with van der Waals surface area (Å²) in [5.41, 5.74) is 0.0530. The molecule has 2 N–H and O–H groups in total. The fourth-order valence-electron chi connectivity index (χ4n) is 2.24. The number of benzene rings is 1. The van der Waals surface area contributed by atoms with Gasteiger partial charge in [0.25, 0.3) is 0 Å². The van der Waals surface area contributed by atoms with Crippen LogP contribution in [0.3, 0.4) is 0 Å². The average molecular weight is 368 g/mol. The first kappa shape index (κ1) is 20.6. The van der Waals surface area contributed by atoms with Crippen molar-refractivity contribution in [3.05, 3.63) is 28.8 Å². The van der Waals surface area contributed by atoms with E-state index in [2.05, 4.69) is 5.32 Å². The minimum atomic E-state index is -4.38. The molecule has 1 aromatic rings. The molecule has 9 heteroatoms. The molecular formula is C12H16Cl3F3N2O. The van der Waals surface area contributed by atoms with Crippen LogP contribution in [0, 0.1) is 0 Å². The number of phenolic OH excluding ortho intramolecular Hbond substituents is 1. The molecule has 0 radical (unpaired) electrons. The van der Waals surface area contributed by atoms with Gasteiger partial charge in [0.15, 0.2) is 0 Å². The van der Waals surface area contributed by atoms with Gasteiger partial charge >= 0.3 is 6.18 Å². The first-order valence-corrected chi connectivity index (χ1v) is 6.27. The van der Waals surface area contributed by atoms with Crippen molar-refractivity contribution in [1.82, 2.24) is 10.2 Å². The van der Waals surface area contributed by atoms with E-state index in [1.807, 2.05) is 0 Å². The van der Waals surface area contributed by atoms with Gasteiger partial charge in [-0.05, 0) is 17.7 Å².